The number of ether oxygens (including phenoxy) is 1. The Morgan fingerprint density at radius 2 is 1.69 bits per heavy atom. The summed E-state index contributed by atoms with van der Waals surface area (Å²) in [7, 11) is 1.60. The molecule has 3 aromatic rings. The van der Waals surface area contributed by atoms with E-state index in [0.717, 1.165) is 5.56 Å². The Morgan fingerprint density at radius 3 is 2.38 bits per heavy atom. The molecule has 5 nitrogen and oxygen atoms in total. The third kappa shape index (κ3) is 4.31. The first-order valence-electron chi connectivity index (χ1n) is 8.05. The van der Waals surface area contributed by atoms with E-state index in [2.05, 4.69) is 20.6 Å². The third-order valence-electron chi connectivity index (χ3n) is 3.61. The van der Waals surface area contributed by atoms with E-state index in [4.69, 9.17) is 4.74 Å². The monoisotopic (exact) mass is 356 g/mol. The molecule has 3 rings (SSSR count). The number of rotatable bonds is 7. The van der Waals surface area contributed by atoms with Crippen molar-refractivity contribution in [2.45, 2.75) is 0 Å². The molecule has 0 spiro atoms. The molecule has 0 radical (unpaired) electrons. The molecule has 2 N–H and O–H groups in total. The molecular formula is C19H18F2N4O. The average molecular weight is 356 g/mol. The van der Waals surface area contributed by atoms with Crippen LogP contribution in [0.3, 0.4) is 0 Å². The quantitative estimate of drug-likeness (QED) is 0.621. The molecule has 0 amide bonds. The van der Waals surface area contributed by atoms with E-state index < -0.39 is 11.6 Å². The van der Waals surface area contributed by atoms with Gasteiger partial charge in [-0.2, -0.15) is 4.98 Å². The summed E-state index contributed by atoms with van der Waals surface area (Å²) in [6.45, 7) is 1.03. The summed E-state index contributed by atoms with van der Waals surface area (Å²) in [5.74, 6) is -0.814. The van der Waals surface area contributed by atoms with Gasteiger partial charge in [-0.3, -0.25) is 0 Å². The second-order valence-corrected chi connectivity index (χ2v) is 5.47. The Bertz CT molecular complexity index is 854. The van der Waals surface area contributed by atoms with E-state index in [0.29, 0.717) is 24.7 Å². The highest BCUT2D eigenvalue weighted by atomic mass is 19.1. The second-order valence-electron chi connectivity index (χ2n) is 5.47. The zero-order valence-electron chi connectivity index (χ0n) is 14.2. The van der Waals surface area contributed by atoms with Crippen LogP contribution in [0.1, 0.15) is 0 Å². The van der Waals surface area contributed by atoms with Crippen molar-refractivity contribution >= 4 is 17.5 Å². The molecule has 26 heavy (non-hydrogen) atoms. The van der Waals surface area contributed by atoms with Gasteiger partial charge >= 0.3 is 0 Å². The van der Waals surface area contributed by atoms with Crippen LogP contribution in [0, 0.1) is 11.6 Å². The minimum Gasteiger partial charge on any atom is -0.383 e. The molecule has 7 heteroatoms. The Labute approximate surface area is 150 Å². The number of methoxy groups -OCH3 is 1. The van der Waals surface area contributed by atoms with Gasteiger partial charge in [-0.25, -0.2) is 13.8 Å². The molecule has 1 heterocycles. The fraction of sp³-hybridized carbons (Fsp3) is 0.158. The lowest BCUT2D eigenvalue weighted by Crippen LogP contribution is -2.11. The van der Waals surface area contributed by atoms with E-state index in [1.807, 2.05) is 30.3 Å². The number of hydrogen-bond donors (Lipinski definition) is 2. The molecule has 0 aliphatic carbocycles. The summed E-state index contributed by atoms with van der Waals surface area (Å²) in [5, 5.41) is 5.75. The summed E-state index contributed by atoms with van der Waals surface area (Å²) in [5.41, 5.74) is 1.20. The number of nitrogens with zero attached hydrogens (tertiary/aromatic N) is 2. The van der Waals surface area contributed by atoms with Crippen LogP contribution in [0.15, 0.2) is 54.6 Å². The molecular weight excluding hydrogens is 338 g/mol. The smallest absolute Gasteiger partial charge is 0.229 e. The maximum atomic E-state index is 13.9. The maximum Gasteiger partial charge on any atom is 0.229 e. The third-order valence-corrected chi connectivity index (χ3v) is 3.61. The summed E-state index contributed by atoms with van der Waals surface area (Å²) in [6, 6.07) is 14.9. The maximum absolute atomic E-state index is 13.9. The first kappa shape index (κ1) is 17.8. The van der Waals surface area contributed by atoms with Gasteiger partial charge in [-0.15, -0.1) is 0 Å². The first-order valence-corrected chi connectivity index (χ1v) is 8.05. The van der Waals surface area contributed by atoms with Crippen molar-refractivity contribution in [3.05, 3.63) is 66.2 Å². The summed E-state index contributed by atoms with van der Waals surface area (Å²) in [4.78, 5) is 8.67. The number of halogens is 2. The first-order chi connectivity index (χ1) is 12.7. The molecule has 1 aromatic heterocycles. The molecule has 0 unspecified atom stereocenters. The van der Waals surface area contributed by atoms with Crippen molar-refractivity contribution < 1.29 is 13.5 Å². The fourth-order valence-electron chi connectivity index (χ4n) is 2.36. The van der Waals surface area contributed by atoms with E-state index in [9.17, 15) is 8.78 Å². The summed E-state index contributed by atoms with van der Waals surface area (Å²) < 4.78 is 32.9. The Morgan fingerprint density at radius 1 is 0.962 bits per heavy atom. The Kier molecular flexibility index (Phi) is 5.70. The number of anilines is 3. The molecule has 0 saturated carbocycles. The van der Waals surface area contributed by atoms with Crippen LogP contribution in [0.4, 0.5) is 26.2 Å². The fourth-order valence-corrected chi connectivity index (χ4v) is 2.36. The van der Waals surface area contributed by atoms with Crippen LogP contribution >= 0.6 is 0 Å². The van der Waals surface area contributed by atoms with Gasteiger partial charge in [0.25, 0.3) is 0 Å². The summed E-state index contributed by atoms with van der Waals surface area (Å²) in [6.07, 6.45) is 0. The molecule has 0 aliphatic rings. The highest BCUT2D eigenvalue weighted by molar-refractivity contribution is 5.66. The molecule has 0 atom stereocenters. The lowest BCUT2D eigenvalue weighted by Gasteiger charge is -2.12. The van der Waals surface area contributed by atoms with Gasteiger partial charge in [-0.1, -0.05) is 36.4 Å². The number of hydrogen-bond acceptors (Lipinski definition) is 5. The van der Waals surface area contributed by atoms with Crippen LogP contribution in [0.5, 0.6) is 0 Å². The number of nitrogens with one attached hydrogen (secondary N) is 2. The average Bonchev–Trinajstić information content (AvgIpc) is 2.66. The lowest BCUT2D eigenvalue weighted by molar-refractivity contribution is 0.210. The SMILES string of the molecule is COCCNc1cc(-c2ccccc2)nc(Nc2c(F)cccc2F)n1. The van der Waals surface area contributed by atoms with Gasteiger partial charge < -0.3 is 15.4 Å². The van der Waals surface area contributed by atoms with Gasteiger partial charge in [0.05, 0.1) is 12.3 Å². The van der Waals surface area contributed by atoms with Gasteiger partial charge in [0.1, 0.15) is 23.1 Å². The minimum atomic E-state index is -0.715. The predicted octanol–water partition coefficient (Wildman–Crippen LogP) is 4.22. The molecule has 134 valence electrons. The van der Waals surface area contributed by atoms with Crippen molar-refractivity contribution in [3.63, 3.8) is 0 Å². The zero-order chi connectivity index (χ0) is 18.4. The highest BCUT2D eigenvalue weighted by Crippen LogP contribution is 2.25. The summed E-state index contributed by atoms with van der Waals surface area (Å²) >= 11 is 0. The van der Waals surface area contributed by atoms with E-state index in [1.54, 1.807) is 13.2 Å². The van der Waals surface area contributed by atoms with Crippen molar-refractivity contribution in [1.82, 2.24) is 9.97 Å². The number of aromatic nitrogens is 2. The Hall–Kier alpha value is -3.06. The predicted molar refractivity (Wildman–Crippen MR) is 97.5 cm³/mol. The zero-order valence-corrected chi connectivity index (χ0v) is 14.2. The molecule has 2 aromatic carbocycles. The van der Waals surface area contributed by atoms with Crippen LogP contribution in [0.2, 0.25) is 0 Å². The van der Waals surface area contributed by atoms with Crippen LogP contribution in [-0.2, 0) is 4.74 Å². The van der Waals surface area contributed by atoms with Crippen LogP contribution < -0.4 is 10.6 Å². The van der Waals surface area contributed by atoms with Gasteiger partial charge in [0.15, 0.2) is 0 Å². The van der Waals surface area contributed by atoms with Gasteiger partial charge in [0.2, 0.25) is 5.95 Å². The highest BCUT2D eigenvalue weighted by Gasteiger charge is 2.12. The van der Waals surface area contributed by atoms with Crippen LogP contribution in [-0.4, -0.2) is 30.2 Å². The molecule has 0 bridgehead atoms. The second kappa shape index (κ2) is 8.35. The topological polar surface area (TPSA) is 59.1 Å². The van der Waals surface area contributed by atoms with Crippen molar-refractivity contribution in [3.8, 4) is 11.3 Å². The normalized spacial score (nSPS) is 10.6. The number of benzene rings is 2. The van der Waals surface area contributed by atoms with Crippen molar-refractivity contribution in [2.24, 2.45) is 0 Å². The van der Waals surface area contributed by atoms with Crippen molar-refractivity contribution in [2.75, 3.05) is 30.9 Å². The largest absolute Gasteiger partial charge is 0.383 e. The van der Waals surface area contributed by atoms with E-state index >= 15 is 0 Å². The van der Waals surface area contributed by atoms with E-state index in [-0.39, 0.29) is 11.6 Å². The number of para-hydroxylation sites is 1. The minimum absolute atomic E-state index is 0.0928. The van der Waals surface area contributed by atoms with E-state index in [1.165, 1.54) is 18.2 Å². The Balaban J connectivity index is 1.96. The molecule has 0 fully saturated rings. The lowest BCUT2D eigenvalue weighted by atomic mass is 10.1. The molecule has 0 aliphatic heterocycles. The van der Waals surface area contributed by atoms with Gasteiger partial charge in [0, 0.05) is 25.3 Å². The van der Waals surface area contributed by atoms with Crippen LogP contribution in [0.25, 0.3) is 11.3 Å². The standard InChI is InChI=1S/C19H18F2N4O/c1-26-11-10-22-17-12-16(13-6-3-2-4-7-13)23-19(24-17)25-18-14(20)8-5-9-15(18)21/h2-9,12H,10-11H2,1H3,(H2,22,23,24,25). The van der Waals surface area contributed by atoms with Crippen molar-refractivity contribution in [1.29, 1.82) is 0 Å². The van der Waals surface area contributed by atoms with Gasteiger partial charge in [-0.05, 0) is 12.1 Å². The molecule has 0 saturated heterocycles.